The van der Waals surface area contributed by atoms with Crippen molar-refractivity contribution in [2.75, 3.05) is 21.2 Å². The molecule has 1 saturated carbocycles. The summed E-state index contributed by atoms with van der Waals surface area (Å²) in [6.45, 7) is 0. The van der Waals surface area contributed by atoms with E-state index in [9.17, 15) is 9.90 Å². The number of aromatic carboxylic acids is 1. The molecule has 0 bridgehead atoms. The molecule has 0 atom stereocenters. The maximum atomic E-state index is 11.3. The molecule has 1 aliphatic carbocycles. The van der Waals surface area contributed by atoms with Crippen LogP contribution in [-0.4, -0.2) is 53.0 Å². The zero-order valence-electron chi connectivity index (χ0n) is 13.8. The van der Waals surface area contributed by atoms with Gasteiger partial charge in [0.2, 0.25) is 0 Å². The molecule has 124 valence electrons. The second-order valence-corrected chi connectivity index (χ2v) is 6.45. The fourth-order valence-corrected chi connectivity index (χ4v) is 3.43. The van der Waals surface area contributed by atoms with E-state index < -0.39 is 5.97 Å². The molecule has 1 aliphatic rings. The summed E-state index contributed by atoms with van der Waals surface area (Å²) in [6, 6.07) is 4.39. The molecule has 6 nitrogen and oxygen atoms in total. The van der Waals surface area contributed by atoms with Gasteiger partial charge in [0.1, 0.15) is 11.3 Å². The molecule has 1 aromatic heterocycles. The molecule has 0 radical (unpaired) electrons. The number of methoxy groups -OCH3 is 1. The van der Waals surface area contributed by atoms with E-state index in [0.29, 0.717) is 17.8 Å². The van der Waals surface area contributed by atoms with Crippen molar-refractivity contribution in [3.05, 3.63) is 23.9 Å². The third-order valence-corrected chi connectivity index (χ3v) is 4.84. The smallest absolute Gasteiger partial charge is 0.339 e. The normalized spacial score (nSPS) is 21.7. The first-order chi connectivity index (χ1) is 11.0. The van der Waals surface area contributed by atoms with Crippen molar-refractivity contribution in [1.29, 1.82) is 0 Å². The van der Waals surface area contributed by atoms with E-state index in [-0.39, 0.29) is 5.56 Å². The van der Waals surface area contributed by atoms with Gasteiger partial charge in [-0.05, 0) is 45.8 Å². The Balaban J connectivity index is 1.87. The highest BCUT2D eigenvalue weighted by molar-refractivity contribution is 5.96. The minimum atomic E-state index is -0.983. The number of aromatic nitrogens is 2. The average Bonchev–Trinajstić information content (AvgIpc) is 2.96. The number of rotatable bonds is 4. The van der Waals surface area contributed by atoms with Gasteiger partial charge in [0.05, 0.1) is 18.7 Å². The SMILES string of the molecule is COc1cc2nn(C3CCC(N(C)C)CC3)cc2cc1C(=O)O. The van der Waals surface area contributed by atoms with Gasteiger partial charge in [-0.2, -0.15) is 5.10 Å². The molecular weight excluding hydrogens is 294 g/mol. The molecule has 3 rings (SSSR count). The highest BCUT2D eigenvalue weighted by Gasteiger charge is 2.24. The molecule has 0 aliphatic heterocycles. The highest BCUT2D eigenvalue weighted by atomic mass is 16.5. The maximum absolute atomic E-state index is 11.3. The van der Waals surface area contributed by atoms with E-state index in [2.05, 4.69) is 24.1 Å². The zero-order chi connectivity index (χ0) is 16.6. The molecule has 2 aromatic rings. The van der Waals surface area contributed by atoms with Crippen molar-refractivity contribution in [3.63, 3.8) is 0 Å². The van der Waals surface area contributed by atoms with E-state index in [1.165, 1.54) is 7.11 Å². The van der Waals surface area contributed by atoms with Crippen molar-refractivity contribution >= 4 is 16.9 Å². The molecule has 1 fully saturated rings. The van der Waals surface area contributed by atoms with Crippen molar-refractivity contribution in [1.82, 2.24) is 14.7 Å². The maximum Gasteiger partial charge on any atom is 0.339 e. The van der Waals surface area contributed by atoms with E-state index in [1.807, 2.05) is 10.9 Å². The van der Waals surface area contributed by atoms with Gasteiger partial charge in [-0.25, -0.2) is 4.79 Å². The molecule has 0 unspecified atom stereocenters. The highest BCUT2D eigenvalue weighted by Crippen LogP contribution is 2.32. The van der Waals surface area contributed by atoms with Crippen LogP contribution in [0.25, 0.3) is 10.9 Å². The Morgan fingerprint density at radius 2 is 2.00 bits per heavy atom. The van der Waals surface area contributed by atoms with Gasteiger partial charge < -0.3 is 14.7 Å². The van der Waals surface area contributed by atoms with Crippen LogP contribution in [0.5, 0.6) is 5.75 Å². The monoisotopic (exact) mass is 317 g/mol. The van der Waals surface area contributed by atoms with Crippen LogP contribution >= 0.6 is 0 Å². The summed E-state index contributed by atoms with van der Waals surface area (Å²) in [5.41, 5.74) is 0.956. The topological polar surface area (TPSA) is 67.6 Å². The molecule has 23 heavy (non-hydrogen) atoms. The van der Waals surface area contributed by atoms with Crippen LogP contribution in [0.4, 0.5) is 0 Å². The number of hydrogen-bond donors (Lipinski definition) is 1. The molecule has 1 aromatic carbocycles. The zero-order valence-corrected chi connectivity index (χ0v) is 13.8. The summed E-state index contributed by atoms with van der Waals surface area (Å²) in [5, 5.41) is 14.8. The van der Waals surface area contributed by atoms with Gasteiger partial charge in [0.15, 0.2) is 0 Å². The molecule has 6 heteroatoms. The number of carbonyl (C=O) groups is 1. The standard InChI is InChI=1S/C17H23N3O3/c1-19(2)12-4-6-13(7-5-12)20-10-11-8-14(17(21)22)16(23-3)9-15(11)18-20/h8-10,12-13H,4-7H2,1-3H3,(H,21,22). The number of carboxylic acid groups (broad SMARTS) is 1. The molecule has 0 saturated heterocycles. The van der Waals surface area contributed by atoms with Crippen molar-refractivity contribution in [3.8, 4) is 5.75 Å². The summed E-state index contributed by atoms with van der Waals surface area (Å²) in [6.07, 6.45) is 6.48. The number of carboxylic acids is 1. The van der Waals surface area contributed by atoms with Crippen LogP contribution in [0, 0.1) is 0 Å². The Hall–Kier alpha value is -2.08. The Bertz CT molecular complexity index is 715. The van der Waals surface area contributed by atoms with Gasteiger partial charge in [-0.1, -0.05) is 0 Å². The second kappa shape index (κ2) is 6.20. The lowest BCUT2D eigenvalue weighted by molar-refractivity contribution is 0.0693. The first-order valence-electron chi connectivity index (χ1n) is 7.96. The van der Waals surface area contributed by atoms with Crippen LogP contribution in [0.1, 0.15) is 42.1 Å². The first kappa shape index (κ1) is 15.8. The lowest BCUT2D eigenvalue weighted by Crippen LogP contribution is -2.32. The predicted molar refractivity (Wildman–Crippen MR) is 88.2 cm³/mol. The second-order valence-electron chi connectivity index (χ2n) is 6.45. The number of hydrogen-bond acceptors (Lipinski definition) is 4. The lowest BCUT2D eigenvalue weighted by Gasteiger charge is -2.32. The van der Waals surface area contributed by atoms with Gasteiger partial charge in [0.25, 0.3) is 0 Å². The summed E-state index contributed by atoms with van der Waals surface area (Å²) in [4.78, 5) is 13.6. The quantitative estimate of drug-likeness (QED) is 0.939. The number of fused-ring (bicyclic) bond motifs is 1. The van der Waals surface area contributed by atoms with Gasteiger partial charge >= 0.3 is 5.97 Å². The minimum absolute atomic E-state index is 0.177. The van der Waals surface area contributed by atoms with Crippen LogP contribution in [0.3, 0.4) is 0 Å². The minimum Gasteiger partial charge on any atom is -0.496 e. The van der Waals surface area contributed by atoms with Gasteiger partial charge in [0, 0.05) is 23.7 Å². The molecule has 1 heterocycles. The van der Waals surface area contributed by atoms with Crippen LogP contribution in [0.15, 0.2) is 18.3 Å². The summed E-state index contributed by atoms with van der Waals surface area (Å²) < 4.78 is 7.18. The summed E-state index contributed by atoms with van der Waals surface area (Å²) >= 11 is 0. The summed E-state index contributed by atoms with van der Waals surface area (Å²) in [7, 11) is 5.74. The Labute approximate surface area is 135 Å². The largest absolute Gasteiger partial charge is 0.496 e. The molecule has 0 amide bonds. The van der Waals surface area contributed by atoms with Crippen LogP contribution in [-0.2, 0) is 0 Å². The van der Waals surface area contributed by atoms with Crippen molar-refractivity contribution in [2.45, 2.75) is 37.8 Å². The number of nitrogens with zero attached hydrogens (tertiary/aromatic N) is 3. The average molecular weight is 317 g/mol. The third-order valence-electron chi connectivity index (χ3n) is 4.84. The van der Waals surface area contributed by atoms with E-state index in [1.54, 1.807) is 12.1 Å². The number of benzene rings is 1. The number of ether oxygens (including phenoxy) is 1. The predicted octanol–water partition coefficient (Wildman–Crippen LogP) is 2.79. The van der Waals surface area contributed by atoms with E-state index in [4.69, 9.17) is 4.74 Å². The van der Waals surface area contributed by atoms with Crippen LogP contribution in [0.2, 0.25) is 0 Å². The van der Waals surface area contributed by atoms with Gasteiger partial charge in [-0.3, -0.25) is 4.68 Å². The first-order valence-corrected chi connectivity index (χ1v) is 7.96. The Kier molecular flexibility index (Phi) is 4.26. The van der Waals surface area contributed by atoms with Crippen molar-refractivity contribution in [2.24, 2.45) is 0 Å². The van der Waals surface area contributed by atoms with Gasteiger partial charge in [-0.15, -0.1) is 0 Å². The fourth-order valence-electron chi connectivity index (χ4n) is 3.43. The van der Waals surface area contributed by atoms with E-state index >= 15 is 0 Å². The van der Waals surface area contributed by atoms with Crippen molar-refractivity contribution < 1.29 is 14.6 Å². The Morgan fingerprint density at radius 3 is 2.57 bits per heavy atom. The summed E-state index contributed by atoms with van der Waals surface area (Å²) in [5.74, 6) is -0.630. The Morgan fingerprint density at radius 1 is 1.30 bits per heavy atom. The van der Waals surface area contributed by atoms with E-state index in [0.717, 1.165) is 36.6 Å². The third kappa shape index (κ3) is 3.03. The molecule has 0 spiro atoms. The molecular formula is C17H23N3O3. The molecule has 1 N–H and O–H groups in total. The van der Waals surface area contributed by atoms with Crippen LogP contribution < -0.4 is 4.74 Å². The lowest BCUT2D eigenvalue weighted by atomic mass is 9.91. The fraction of sp³-hybridized carbons (Fsp3) is 0.529.